The van der Waals surface area contributed by atoms with Gasteiger partial charge in [-0.15, -0.1) is 0 Å². The van der Waals surface area contributed by atoms with Crippen LogP contribution in [0.5, 0.6) is 0 Å². The molecule has 1 amide bonds. The molecule has 0 spiro atoms. The van der Waals surface area contributed by atoms with Gasteiger partial charge in [0, 0.05) is 28.7 Å². The average molecular weight is 383 g/mol. The lowest BCUT2D eigenvalue weighted by molar-refractivity contribution is 0.0977. The third-order valence-electron chi connectivity index (χ3n) is 3.59. The Morgan fingerprint density at radius 1 is 1.07 bits per heavy atom. The minimum Gasteiger partial charge on any atom is -0.326 e. The summed E-state index contributed by atoms with van der Waals surface area (Å²) in [6.07, 6.45) is 3.34. The highest BCUT2D eigenvalue weighted by Gasteiger charge is 2.10. The normalized spacial score (nSPS) is 11.1. The largest absolute Gasteiger partial charge is 0.326 e. The monoisotopic (exact) mass is 382 g/mol. The van der Waals surface area contributed by atoms with Gasteiger partial charge in [0.1, 0.15) is 5.82 Å². The number of anilines is 1. The molecular formula is C20H16ClFN4O. The van der Waals surface area contributed by atoms with Crippen LogP contribution in [0.1, 0.15) is 15.9 Å². The molecule has 3 rings (SSSR count). The summed E-state index contributed by atoms with van der Waals surface area (Å²) >= 11 is 5.94. The van der Waals surface area contributed by atoms with Crippen LogP contribution in [0.2, 0.25) is 5.02 Å². The Labute approximate surface area is 160 Å². The molecule has 0 saturated carbocycles. The molecule has 2 aromatic carbocycles. The van der Waals surface area contributed by atoms with Gasteiger partial charge in [-0.3, -0.25) is 15.1 Å². The number of aromatic nitrogens is 1. The molecule has 1 heterocycles. The van der Waals surface area contributed by atoms with Gasteiger partial charge in [-0.05, 0) is 60.2 Å². The van der Waals surface area contributed by atoms with Crippen LogP contribution >= 0.6 is 11.6 Å². The molecule has 27 heavy (non-hydrogen) atoms. The summed E-state index contributed by atoms with van der Waals surface area (Å²) < 4.78 is 13.1. The molecule has 0 bridgehead atoms. The van der Waals surface area contributed by atoms with E-state index < -0.39 is 0 Å². The second-order valence-corrected chi connectivity index (χ2v) is 6.05. The van der Waals surface area contributed by atoms with E-state index in [9.17, 15) is 9.18 Å². The number of guanidine groups is 1. The lowest BCUT2D eigenvalue weighted by Gasteiger charge is -2.12. The van der Waals surface area contributed by atoms with E-state index in [0.29, 0.717) is 22.8 Å². The SMILES string of the molecule is O=C(NC(=NCc1ccncc1)Nc1ccc(F)cc1)c1cccc(Cl)c1. The zero-order chi connectivity index (χ0) is 19.1. The standard InChI is InChI=1S/C20H16ClFN4O/c21-16-3-1-2-15(12-16)19(27)26-20(24-13-14-8-10-23-11-9-14)25-18-6-4-17(22)5-7-18/h1-12H,13H2,(H2,24,25,26,27). The van der Waals surface area contributed by atoms with E-state index in [-0.39, 0.29) is 17.7 Å². The Hall–Kier alpha value is -3.25. The average Bonchev–Trinajstić information content (AvgIpc) is 2.68. The number of amides is 1. The Morgan fingerprint density at radius 3 is 2.52 bits per heavy atom. The van der Waals surface area contributed by atoms with Gasteiger partial charge in [-0.2, -0.15) is 0 Å². The van der Waals surface area contributed by atoms with Crippen LogP contribution in [0, 0.1) is 5.82 Å². The van der Waals surface area contributed by atoms with Crippen molar-refractivity contribution in [3.05, 3.63) is 95.0 Å². The van der Waals surface area contributed by atoms with Crippen LogP contribution in [-0.2, 0) is 6.54 Å². The summed E-state index contributed by atoms with van der Waals surface area (Å²) in [5, 5.41) is 6.18. The second-order valence-electron chi connectivity index (χ2n) is 5.62. The van der Waals surface area contributed by atoms with E-state index in [1.165, 1.54) is 12.1 Å². The van der Waals surface area contributed by atoms with Crippen molar-refractivity contribution in [2.45, 2.75) is 6.54 Å². The maximum absolute atomic E-state index is 13.1. The summed E-state index contributed by atoms with van der Waals surface area (Å²) in [5.41, 5.74) is 1.93. The number of nitrogens with one attached hydrogen (secondary N) is 2. The third kappa shape index (κ3) is 5.62. The number of benzene rings is 2. The quantitative estimate of drug-likeness (QED) is 0.523. The van der Waals surface area contributed by atoms with Gasteiger partial charge >= 0.3 is 0 Å². The molecule has 0 atom stereocenters. The van der Waals surface area contributed by atoms with Crippen LogP contribution in [0.25, 0.3) is 0 Å². The number of rotatable bonds is 4. The van der Waals surface area contributed by atoms with Gasteiger partial charge in [0.25, 0.3) is 5.91 Å². The van der Waals surface area contributed by atoms with Crippen molar-refractivity contribution in [1.29, 1.82) is 0 Å². The summed E-state index contributed by atoms with van der Waals surface area (Å²) in [7, 11) is 0. The number of aliphatic imine (C=N–C) groups is 1. The molecule has 7 heteroatoms. The van der Waals surface area contributed by atoms with Crippen molar-refractivity contribution >= 4 is 29.2 Å². The molecule has 5 nitrogen and oxygen atoms in total. The maximum Gasteiger partial charge on any atom is 0.258 e. The van der Waals surface area contributed by atoms with Crippen LogP contribution in [0.3, 0.4) is 0 Å². The number of carbonyl (C=O) groups is 1. The molecule has 0 saturated heterocycles. The molecule has 0 unspecified atom stereocenters. The van der Waals surface area contributed by atoms with E-state index in [2.05, 4.69) is 20.6 Å². The number of pyridine rings is 1. The molecular weight excluding hydrogens is 367 g/mol. The van der Waals surface area contributed by atoms with Crippen LogP contribution in [0.4, 0.5) is 10.1 Å². The van der Waals surface area contributed by atoms with Gasteiger partial charge < -0.3 is 5.32 Å². The van der Waals surface area contributed by atoms with Crippen LogP contribution in [-0.4, -0.2) is 16.9 Å². The Balaban J connectivity index is 1.79. The molecule has 0 radical (unpaired) electrons. The molecule has 0 fully saturated rings. The van der Waals surface area contributed by atoms with E-state index >= 15 is 0 Å². The van der Waals surface area contributed by atoms with Gasteiger partial charge in [-0.25, -0.2) is 9.38 Å². The van der Waals surface area contributed by atoms with Gasteiger partial charge in [0.05, 0.1) is 6.54 Å². The molecule has 1 aromatic heterocycles. The van der Waals surface area contributed by atoms with Crippen LogP contribution in [0.15, 0.2) is 78.0 Å². The molecule has 136 valence electrons. The predicted octanol–water partition coefficient (Wildman–Crippen LogP) is 4.27. The van der Waals surface area contributed by atoms with Gasteiger partial charge in [0.15, 0.2) is 0 Å². The zero-order valence-electron chi connectivity index (χ0n) is 14.2. The smallest absolute Gasteiger partial charge is 0.258 e. The van der Waals surface area contributed by atoms with Crippen molar-refractivity contribution < 1.29 is 9.18 Å². The first kappa shape index (κ1) is 18.5. The first-order valence-corrected chi connectivity index (χ1v) is 8.51. The summed E-state index contributed by atoms with van der Waals surface area (Å²) in [6, 6.07) is 16.0. The molecule has 0 aliphatic heterocycles. The van der Waals surface area contributed by atoms with Crippen molar-refractivity contribution in [3.8, 4) is 0 Å². The highest BCUT2D eigenvalue weighted by molar-refractivity contribution is 6.31. The third-order valence-corrected chi connectivity index (χ3v) is 3.83. The van der Waals surface area contributed by atoms with Crippen molar-refractivity contribution in [1.82, 2.24) is 10.3 Å². The van der Waals surface area contributed by atoms with E-state index in [1.807, 2.05) is 12.1 Å². The summed E-state index contributed by atoms with van der Waals surface area (Å²) in [5.74, 6) is -0.470. The lowest BCUT2D eigenvalue weighted by Crippen LogP contribution is -2.36. The van der Waals surface area contributed by atoms with Gasteiger partial charge in [-0.1, -0.05) is 17.7 Å². The highest BCUT2D eigenvalue weighted by atomic mass is 35.5. The fraction of sp³-hybridized carbons (Fsp3) is 0.0500. The maximum atomic E-state index is 13.1. The fourth-order valence-corrected chi connectivity index (χ4v) is 2.44. The first-order chi connectivity index (χ1) is 13.1. The second kappa shape index (κ2) is 8.91. The van der Waals surface area contributed by atoms with Crippen LogP contribution < -0.4 is 10.6 Å². The first-order valence-electron chi connectivity index (χ1n) is 8.13. The zero-order valence-corrected chi connectivity index (χ0v) is 14.9. The molecule has 2 N–H and O–H groups in total. The Bertz CT molecular complexity index is 946. The predicted molar refractivity (Wildman–Crippen MR) is 104 cm³/mol. The molecule has 3 aromatic rings. The number of hydrogen-bond acceptors (Lipinski definition) is 3. The summed E-state index contributed by atoms with van der Waals surface area (Å²) in [6.45, 7) is 0.335. The number of nitrogens with zero attached hydrogens (tertiary/aromatic N) is 2. The van der Waals surface area contributed by atoms with Crippen molar-refractivity contribution in [3.63, 3.8) is 0 Å². The fourth-order valence-electron chi connectivity index (χ4n) is 2.25. The highest BCUT2D eigenvalue weighted by Crippen LogP contribution is 2.11. The number of carbonyl (C=O) groups excluding carboxylic acids is 1. The Morgan fingerprint density at radius 2 is 1.81 bits per heavy atom. The number of hydrogen-bond donors (Lipinski definition) is 2. The minimum absolute atomic E-state index is 0.239. The van der Waals surface area contributed by atoms with Crippen molar-refractivity contribution in [2.24, 2.45) is 4.99 Å². The molecule has 0 aliphatic carbocycles. The summed E-state index contributed by atoms with van der Waals surface area (Å²) in [4.78, 5) is 20.9. The molecule has 0 aliphatic rings. The minimum atomic E-state index is -0.361. The van der Waals surface area contributed by atoms with Gasteiger partial charge in [0.2, 0.25) is 5.96 Å². The van der Waals surface area contributed by atoms with E-state index in [4.69, 9.17) is 11.6 Å². The van der Waals surface area contributed by atoms with Crippen molar-refractivity contribution in [2.75, 3.05) is 5.32 Å². The van der Waals surface area contributed by atoms with E-state index in [0.717, 1.165) is 5.56 Å². The Kier molecular flexibility index (Phi) is 6.12. The van der Waals surface area contributed by atoms with E-state index in [1.54, 1.807) is 48.8 Å². The topological polar surface area (TPSA) is 66.4 Å². The number of halogens is 2. The lowest BCUT2D eigenvalue weighted by atomic mass is 10.2.